The molecular formula is C26H36FN9O3. The molecule has 0 saturated carbocycles. The quantitative estimate of drug-likeness (QED) is 0.391. The highest BCUT2D eigenvalue weighted by atomic mass is 19.1. The lowest BCUT2D eigenvalue weighted by molar-refractivity contribution is 0.0500. The first-order chi connectivity index (χ1) is 18.4. The Balaban J connectivity index is 1.37. The third-order valence-electron chi connectivity index (χ3n) is 7.38. The summed E-state index contributed by atoms with van der Waals surface area (Å²) in [6, 6.07) is 5.63. The van der Waals surface area contributed by atoms with E-state index in [1.165, 1.54) is 13.5 Å². The third-order valence-corrected chi connectivity index (χ3v) is 7.38. The first-order valence-corrected chi connectivity index (χ1v) is 13.2. The van der Waals surface area contributed by atoms with Crippen molar-refractivity contribution in [3.8, 4) is 11.4 Å². The molecule has 39 heavy (non-hydrogen) atoms. The average molecular weight is 542 g/mol. The molecule has 3 N–H and O–H groups in total. The van der Waals surface area contributed by atoms with Crippen molar-refractivity contribution in [1.82, 2.24) is 34.7 Å². The summed E-state index contributed by atoms with van der Waals surface area (Å²) in [5, 5.41) is 24.3. The molecule has 2 aliphatic rings. The first kappa shape index (κ1) is 27.0. The van der Waals surface area contributed by atoms with E-state index in [0.29, 0.717) is 23.2 Å². The molecule has 0 bridgehead atoms. The number of hydrogen-bond donors (Lipinski definition) is 3. The fourth-order valence-electron chi connectivity index (χ4n) is 5.80. The molecule has 3 aromatic rings. The second kappa shape index (κ2) is 10.2. The lowest BCUT2D eigenvalue weighted by Crippen LogP contribution is -2.55. The summed E-state index contributed by atoms with van der Waals surface area (Å²) in [7, 11) is 1.48. The van der Waals surface area contributed by atoms with E-state index in [-0.39, 0.29) is 29.9 Å². The van der Waals surface area contributed by atoms with Crippen LogP contribution < -0.4 is 21.1 Å². The summed E-state index contributed by atoms with van der Waals surface area (Å²) >= 11 is 0. The number of methoxy groups -OCH3 is 1. The molecule has 5 rings (SSSR count). The third kappa shape index (κ3) is 5.74. The molecule has 0 unspecified atom stereocenters. The van der Waals surface area contributed by atoms with Gasteiger partial charge < -0.3 is 20.5 Å². The summed E-state index contributed by atoms with van der Waals surface area (Å²) in [4.78, 5) is 24.0. The maximum Gasteiger partial charge on any atom is 0.368 e. The molecule has 210 valence electrons. The van der Waals surface area contributed by atoms with E-state index in [0.717, 1.165) is 41.4 Å². The highest BCUT2D eigenvalue weighted by Gasteiger charge is 2.43. The second-order valence-corrected chi connectivity index (χ2v) is 11.6. The second-order valence-electron chi connectivity index (χ2n) is 11.6. The van der Waals surface area contributed by atoms with Gasteiger partial charge >= 0.3 is 5.69 Å². The Hall–Kier alpha value is -3.58. The van der Waals surface area contributed by atoms with Crippen LogP contribution in [0.5, 0.6) is 5.75 Å². The van der Waals surface area contributed by atoms with E-state index >= 15 is 0 Å². The smallest absolute Gasteiger partial charge is 0.368 e. The zero-order valence-electron chi connectivity index (χ0n) is 23.0. The fourth-order valence-corrected chi connectivity index (χ4v) is 5.80. The van der Waals surface area contributed by atoms with Gasteiger partial charge in [0.1, 0.15) is 11.4 Å². The van der Waals surface area contributed by atoms with Crippen LogP contribution in [0.15, 0.2) is 29.2 Å². The van der Waals surface area contributed by atoms with E-state index in [4.69, 9.17) is 4.74 Å². The molecule has 2 aliphatic heterocycles. The monoisotopic (exact) mass is 541 g/mol. The number of ether oxygens (including phenoxy) is 1. The van der Waals surface area contributed by atoms with Crippen LogP contribution >= 0.6 is 0 Å². The van der Waals surface area contributed by atoms with Crippen LogP contribution in [-0.2, 0) is 6.54 Å². The van der Waals surface area contributed by atoms with Gasteiger partial charge in [-0.05, 0) is 88.5 Å². The van der Waals surface area contributed by atoms with E-state index in [1.54, 1.807) is 32.0 Å². The number of tetrazole rings is 1. The molecule has 2 aromatic heterocycles. The maximum atomic E-state index is 14.8. The molecule has 1 aromatic carbocycles. The predicted molar refractivity (Wildman–Crippen MR) is 144 cm³/mol. The van der Waals surface area contributed by atoms with Gasteiger partial charge in [-0.25, -0.2) is 14.2 Å². The first-order valence-electron chi connectivity index (χ1n) is 13.2. The van der Waals surface area contributed by atoms with Gasteiger partial charge in [0.15, 0.2) is 11.6 Å². The summed E-state index contributed by atoms with van der Waals surface area (Å²) in [6.07, 6.45) is 5.34. The summed E-state index contributed by atoms with van der Waals surface area (Å²) < 4.78 is 22.4. The Kier molecular flexibility index (Phi) is 7.06. The van der Waals surface area contributed by atoms with Crippen LogP contribution in [-0.4, -0.2) is 76.6 Å². The van der Waals surface area contributed by atoms with Crippen molar-refractivity contribution in [1.29, 1.82) is 0 Å². The minimum atomic E-state index is -1.15. The summed E-state index contributed by atoms with van der Waals surface area (Å²) in [5.74, 6) is 0.226. The number of nitrogens with zero attached hydrogens (tertiary/aromatic N) is 7. The van der Waals surface area contributed by atoms with Gasteiger partial charge in [0, 0.05) is 23.3 Å². The Morgan fingerprint density at radius 2 is 2.08 bits per heavy atom. The van der Waals surface area contributed by atoms with Gasteiger partial charge in [-0.3, -0.25) is 4.90 Å². The number of halogens is 1. The molecule has 13 heteroatoms. The molecule has 12 nitrogen and oxygen atoms in total. The molecule has 2 saturated heterocycles. The average Bonchev–Trinajstić information content (AvgIpc) is 3.47. The number of benzene rings is 1. The van der Waals surface area contributed by atoms with E-state index in [2.05, 4.69) is 49.8 Å². The number of anilines is 3. The van der Waals surface area contributed by atoms with Crippen LogP contribution in [0.25, 0.3) is 5.69 Å². The van der Waals surface area contributed by atoms with E-state index in [9.17, 15) is 14.3 Å². The van der Waals surface area contributed by atoms with Gasteiger partial charge in [-0.15, -0.1) is 0 Å². The minimum Gasteiger partial charge on any atom is -0.494 e. The van der Waals surface area contributed by atoms with Gasteiger partial charge in [0.25, 0.3) is 0 Å². The van der Waals surface area contributed by atoms with Crippen molar-refractivity contribution in [3.05, 3.63) is 40.7 Å². The lowest BCUT2D eigenvalue weighted by atomic mass is 9.84. The Labute approximate surface area is 226 Å². The van der Waals surface area contributed by atoms with Crippen LogP contribution in [0.3, 0.4) is 0 Å². The van der Waals surface area contributed by atoms with Gasteiger partial charge in [0.2, 0.25) is 5.95 Å². The zero-order chi connectivity index (χ0) is 27.9. The maximum absolute atomic E-state index is 14.8. The number of fused-ring (bicyclic) bond motifs is 1. The Bertz CT molecular complexity index is 1400. The SMILES string of the molecule is COc1ccc(Nc2ncc(F)c(N[C@@H]3C[C@@H]4CCCN4C(C)(C)C3)n2)cc1-n1nnn(CC(C)(C)O)c1=O. The number of hydrogen-bond acceptors (Lipinski definition) is 10. The molecular weight excluding hydrogens is 505 g/mol. The molecule has 2 atom stereocenters. The zero-order valence-corrected chi connectivity index (χ0v) is 23.0. The molecule has 4 heterocycles. The van der Waals surface area contributed by atoms with Gasteiger partial charge in [0.05, 0.1) is 25.5 Å². The molecule has 0 radical (unpaired) electrons. The Morgan fingerprint density at radius 3 is 2.82 bits per heavy atom. The fraction of sp³-hybridized carbons (Fsp3) is 0.577. The number of aromatic nitrogens is 6. The van der Waals surface area contributed by atoms with Crippen molar-refractivity contribution in [3.63, 3.8) is 0 Å². The molecule has 2 fully saturated rings. The van der Waals surface area contributed by atoms with Gasteiger partial charge in [-0.1, -0.05) is 0 Å². The summed E-state index contributed by atoms with van der Waals surface area (Å²) in [5.41, 5.74) is -0.775. The highest BCUT2D eigenvalue weighted by molar-refractivity contribution is 5.62. The van der Waals surface area contributed by atoms with Gasteiger partial charge in [-0.2, -0.15) is 14.3 Å². The Morgan fingerprint density at radius 1 is 1.28 bits per heavy atom. The lowest BCUT2D eigenvalue weighted by Gasteiger charge is -2.47. The van der Waals surface area contributed by atoms with Crippen LogP contribution in [0.1, 0.15) is 53.4 Å². The van der Waals surface area contributed by atoms with E-state index in [1.807, 2.05) is 0 Å². The van der Waals surface area contributed by atoms with Crippen molar-refractivity contribution in [2.24, 2.45) is 0 Å². The summed E-state index contributed by atoms with van der Waals surface area (Å²) in [6.45, 7) is 8.74. The van der Waals surface area contributed by atoms with Crippen molar-refractivity contribution < 1.29 is 14.2 Å². The van der Waals surface area contributed by atoms with Crippen LogP contribution in [0.2, 0.25) is 0 Å². The number of rotatable bonds is 8. The standard InChI is InChI=1S/C26H36FN9O3/c1-25(2)13-17(11-18-7-6-10-34(18)25)29-22-19(27)14-28-23(31-22)30-16-8-9-21(39-5)20(12-16)36-24(37)35(32-33-36)15-26(3,4)38/h8-9,12,14,17-18,38H,6-7,10-11,13,15H2,1-5H3,(H2,28,29,30,31)/t17-,18+/m1/s1. The predicted octanol–water partition coefficient (Wildman–Crippen LogP) is 2.70. The van der Waals surface area contributed by atoms with Crippen LogP contribution in [0, 0.1) is 5.82 Å². The molecule has 0 amide bonds. The number of nitrogens with one attached hydrogen (secondary N) is 2. The normalized spacial score (nSPS) is 21.0. The van der Waals surface area contributed by atoms with Crippen LogP contribution in [0.4, 0.5) is 21.8 Å². The highest BCUT2D eigenvalue weighted by Crippen LogP contribution is 2.38. The largest absolute Gasteiger partial charge is 0.494 e. The van der Waals surface area contributed by atoms with E-state index < -0.39 is 17.1 Å². The van der Waals surface area contributed by atoms with Crippen molar-refractivity contribution >= 4 is 17.5 Å². The number of aliphatic hydroxyl groups is 1. The minimum absolute atomic E-state index is 0.0256. The number of piperidine rings is 1. The van der Waals surface area contributed by atoms with Crippen molar-refractivity contribution in [2.75, 3.05) is 24.3 Å². The topological polar surface area (TPSA) is 135 Å². The molecule has 0 spiro atoms. The van der Waals surface area contributed by atoms with Crippen molar-refractivity contribution in [2.45, 2.75) is 83.1 Å². The molecule has 0 aliphatic carbocycles.